The summed E-state index contributed by atoms with van der Waals surface area (Å²) in [5.74, 6) is 0. The molecular weight excluding hydrogens is 156 g/mol. The van der Waals surface area contributed by atoms with E-state index in [1.807, 2.05) is 0 Å². The summed E-state index contributed by atoms with van der Waals surface area (Å²) >= 11 is 0. The van der Waals surface area contributed by atoms with E-state index in [-0.39, 0.29) is 17.1 Å². The number of hydrogen-bond acceptors (Lipinski definition) is 4. The monoisotopic (exact) mass is 155 g/mol. The maximum Gasteiger partial charge on any atom is 4.00 e. The Hall–Kier alpha value is 0.576. The third kappa shape index (κ3) is 176. The third-order valence-corrected chi connectivity index (χ3v) is 0. The summed E-state index contributed by atoms with van der Waals surface area (Å²) in [5, 5.41) is 0. The van der Waals surface area contributed by atoms with Crippen molar-refractivity contribution < 1.29 is 36.3 Å². The van der Waals surface area contributed by atoms with E-state index >= 15 is 0 Å². The average Bonchev–Trinajstić information content (AvgIpc) is 0.722. The topological polar surface area (TPSA) is 92.2 Å². The molecule has 0 aliphatic heterocycles. The molecule has 0 rings (SSSR count). The van der Waals surface area contributed by atoms with Crippen LogP contribution in [0.3, 0.4) is 0 Å². The Morgan fingerprint density at radius 2 is 0.833 bits per heavy atom. The fourth-order valence-electron chi connectivity index (χ4n) is 0. The van der Waals surface area contributed by atoms with Gasteiger partial charge in [0.25, 0.3) is 0 Å². The Morgan fingerprint density at radius 1 is 0.833 bits per heavy atom. The van der Waals surface area contributed by atoms with Crippen LogP contribution < -0.4 is 19.2 Å². The first-order valence-corrected chi connectivity index (χ1v) is 2.45. The molecule has 0 spiro atoms. The molecule has 0 amide bonds. The van der Waals surface area contributed by atoms with Crippen molar-refractivity contribution in [1.82, 2.24) is 0 Å². The molecule has 0 fully saturated rings. The van der Waals surface area contributed by atoms with Crippen LogP contribution in [0.15, 0.2) is 0 Å². The van der Waals surface area contributed by atoms with E-state index in [1.54, 1.807) is 0 Å². The SMILES string of the molecule is [Cu+4].[O-][Si]([O-])([O-])[O-]. The van der Waals surface area contributed by atoms with Gasteiger partial charge in [-0.05, 0) is 0 Å². The van der Waals surface area contributed by atoms with Gasteiger partial charge in [-0.2, -0.15) is 0 Å². The van der Waals surface area contributed by atoms with Gasteiger partial charge in [0, 0.05) is 0 Å². The van der Waals surface area contributed by atoms with Crippen LogP contribution in [0.4, 0.5) is 0 Å². The molecule has 0 atom stereocenters. The molecular formula is CuO4Si. The van der Waals surface area contributed by atoms with Crippen LogP contribution in [0, 0.1) is 0 Å². The van der Waals surface area contributed by atoms with Crippen LogP contribution in [0.2, 0.25) is 0 Å². The second-order valence-electron chi connectivity index (χ2n) is 0.500. The van der Waals surface area contributed by atoms with E-state index in [0.29, 0.717) is 0 Å². The van der Waals surface area contributed by atoms with Crippen molar-refractivity contribution in [1.29, 1.82) is 0 Å². The van der Waals surface area contributed by atoms with Crippen molar-refractivity contribution in [3.8, 4) is 0 Å². The van der Waals surface area contributed by atoms with Crippen LogP contribution in [-0.2, 0) is 17.1 Å². The normalized spacial score (nSPS) is 10.0. The summed E-state index contributed by atoms with van der Waals surface area (Å²) in [7, 11) is -5.61. The summed E-state index contributed by atoms with van der Waals surface area (Å²) in [5.41, 5.74) is 0. The van der Waals surface area contributed by atoms with Gasteiger partial charge >= 0.3 is 17.1 Å². The van der Waals surface area contributed by atoms with Crippen molar-refractivity contribution in [3.63, 3.8) is 0 Å². The predicted molar refractivity (Wildman–Crippen MR) is 5.75 cm³/mol. The zero-order valence-electron chi connectivity index (χ0n) is 2.43. The fraction of sp³-hybridized carbons (Fsp3) is 0. The van der Waals surface area contributed by atoms with Gasteiger partial charge in [-0.1, -0.05) is 0 Å². The minimum atomic E-state index is -5.61. The van der Waals surface area contributed by atoms with E-state index in [9.17, 15) is 0 Å². The van der Waals surface area contributed by atoms with Gasteiger partial charge in [-0.25, -0.2) is 0 Å². The van der Waals surface area contributed by atoms with Crippen LogP contribution in [-0.4, -0.2) is 9.05 Å². The van der Waals surface area contributed by atoms with E-state index in [2.05, 4.69) is 0 Å². The molecule has 0 aromatic carbocycles. The molecule has 39 valence electrons. The first-order valence-electron chi connectivity index (χ1n) is 0.816. The predicted octanol–water partition coefficient (Wildman–Crippen LogP) is -5.14. The molecule has 0 aromatic heterocycles. The summed E-state index contributed by atoms with van der Waals surface area (Å²) in [6, 6.07) is 0. The Kier molecular flexibility index (Phi) is 4.39. The van der Waals surface area contributed by atoms with Crippen molar-refractivity contribution >= 4 is 9.05 Å². The van der Waals surface area contributed by atoms with Crippen molar-refractivity contribution in [2.75, 3.05) is 0 Å². The zero-order valence-corrected chi connectivity index (χ0v) is 4.38. The Labute approximate surface area is 46.0 Å². The minimum absolute atomic E-state index is 0. The smallest absolute Gasteiger partial charge is 0.894 e. The average molecular weight is 156 g/mol. The molecule has 0 aliphatic carbocycles. The van der Waals surface area contributed by atoms with Crippen LogP contribution in [0.25, 0.3) is 0 Å². The summed E-state index contributed by atoms with van der Waals surface area (Å²) in [4.78, 5) is 34.3. The summed E-state index contributed by atoms with van der Waals surface area (Å²) in [6.45, 7) is 0. The number of rotatable bonds is 0. The van der Waals surface area contributed by atoms with Gasteiger partial charge in [0.15, 0.2) is 0 Å². The Morgan fingerprint density at radius 3 is 0.833 bits per heavy atom. The fourth-order valence-corrected chi connectivity index (χ4v) is 0. The maximum atomic E-state index is 8.58. The Balaban J connectivity index is 0. The standard InChI is InChI=1S/Cu.O4Si/c;1-5(2,3)4/q+4;-4. The van der Waals surface area contributed by atoms with Gasteiger partial charge in [-0.3, -0.25) is 0 Å². The zero-order chi connectivity index (χ0) is 4.50. The third-order valence-electron chi connectivity index (χ3n) is 0. The molecule has 0 heterocycles. The van der Waals surface area contributed by atoms with Crippen LogP contribution >= 0.6 is 0 Å². The van der Waals surface area contributed by atoms with E-state index in [1.165, 1.54) is 0 Å². The second-order valence-corrected chi connectivity index (χ2v) is 1.50. The van der Waals surface area contributed by atoms with Crippen LogP contribution in [0.5, 0.6) is 0 Å². The van der Waals surface area contributed by atoms with Gasteiger partial charge in [0.2, 0.25) is 0 Å². The van der Waals surface area contributed by atoms with E-state index in [4.69, 9.17) is 19.2 Å². The van der Waals surface area contributed by atoms with E-state index < -0.39 is 9.05 Å². The quantitative estimate of drug-likeness (QED) is 0.327. The molecule has 0 saturated heterocycles. The second kappa shape index (κ2) is 2.70. The van der Waals surface area contributed by atoms with E-state index in [0.717, 1.165) is 0 Å². The maximum absolute atomic E-state index is 8.58. The molecule has 0 unspecified atom stereocenters. The molecule has 0 N–H and O–H groups in total. The molecule has 6 heteroatoms. The van der Waals surface area contributed by atoms with Crippen LogP contribution in [0.1, 0.15) is 0 Å². The molecule has 6 heavy (non-hydrogen) atoms. The minimum Gasteiger partial charge on any atom is -0.894 e. The van der Waals surface area contributed by atoms with Crippen molar-refractivity contribution in [2.45, 2.75) is 0 Å². The Bertz CT molecular complexity index is 23.0. The van der Waals surface area contributed by atoms with Gasteiger partial charge in [0.1, 0.15) is 0 Å². The van der Waals surface area contributed by atoms with Gasteiger partial charge in [-0.15, -0.1) is 0 Å². The molecule has 1 radical (unpaired) electrons. The first kappa shape index (κ1) is 9.76. The molecule has 0 saturated carbocycles. The molecule has 0 aliphatic rings. The van der Waals surface area contributed by atoms with Crippen molar-refractivity contribution in [2.24, 2.45) is 0 Å². The summed E-state index contributed by atoms with van der Waals surface area (Å²) in [6.07, 6.45) is 0. The first-order chi connectivity index (χ1) is 2.00. The number of hydrogen-bond donors (Lipinski definition) is 0. The molecule has 0 aromatic rings. The van der Waals surface area contributed by atoms with Crippen molar-refractivity contribution in [3.05, 3.63) is 0 Å². The molecule has 0 bridgehead atoms. The largest absolute Gasteiger partial charge is 4.00 e. The van der Waals surface area contributed by atoms with Gasteiger partial charge < -0.3 is 28.2 Å². The molecule has 4 nitrogen and oxygen atoms in total. The van der Waals surface area contributed by atoms with Gasteiger partial charge in [0.05, 0.1) is 0 Å². The summed E-state index contributed by atoms with van der Waals surface area (Å²) < 4.78 is 0.